The average molecular weight is 356 g/mol. The molecule has 0 saturated heterocycles. The number of benzene rings is 1. The third-order valence-corrected chi connectivity index (χ3v) is 3.94. The lowest BCUT2D eigenvalue weighted by Crippen LogP contribution is -2.24. The molecule has 1 aliphatic carbocycles. The van der Waals surface area contributed by atoms with Crippen molar-refractivity contribution in [2.24, 2.45) is 10.8 Å². The Morgan fingerprint density at radius 2 is 2.14 bits per heavy atom. The fraction of sp³-hybridized carbons (Fsp3) is 0.429. The molecule has 2 rings (SSSR count). The molecule has 0 bridgehead atoms. The van der Waals surface area contributed by atoms with Crippen molar-refractivity contribution in [2.75, 3.05) is 7.11 Å². The van der Waals surface area contributed by atoms with Crippen LogP contribution in [-0.2, 0) is 0 Å². The van der Waals surface area contributed by atoms with Gasteiger partial charge >= 0.3 is 6.03 Å². The quantitative estimate of drug-likeness (QED) is 0.628. The second-order valence-corrected chi connectivity index (χ2v) is 5.64. The van der Waals surface area contributed by atoms with Crippen LogP contribution in [0, 0.1) is 0 Å². The highest BCUT2D eigenvalue weighted by Gasteiger charge is 2.19. The van der Waals surface area contributed by atoms with Crippen LogP contribution in [0.5, 0.6) is 11.5 Å². The van der Waals surface area contributed by atoms with Gasteiger partial charge in [-0.05, 0) is 53.7 Å². The number of nitrogens with two attached hydrogens (primary N) is 1. The van der Waals surface area contributed by atoms with E-state index >= 15 is 0 Å². The fourth-order valence-corrected chi connectivity index (χ4v) is 2.68. The van der Waals surface area contributed by atoms with Crippen LogP contribution in [0.15, 0.2) is 21.7 Å². The molecule has 0 spiro atoms. The summed E-state index contributed by atoms with van der Waals surface area (Å²) in [5.74, 6) is 1.34. The molecule has 6 nitrogen and oxygen atoms in total. The van der Waals surface area contributed by atoms with E-state index in [1.807, 2.05) is 6.07 Å². The number of ether oxygens (including phenoxy) is 2. The number of hydrazone groups is 1. The first kappa shape index (κ1) is 15.6. The van der Waals surface area contributed by atoms with Gasteiger partial charge in [0.1, 0.15) is 0 Å². The number of amides is 2. The molecule has 1 fully saturated rings. The minimum absolute atomic E-state index is 0.252. The minimum atomic E-state index is -0.712. The number of rotatable bonds is 5. The summed E-state index contributed by atoms with van der Waals surface area (Å²) in [6.45, 7) is 0. The maximum atomic E-state index is 10.6. The Labute approximate surface area is 131 Å². The largest absolute Gasteiger partial charge is 0.493 e. The lowest BCUT2D eigenvalue weighted by atomic mass is 10.2. The highest BCUT2D eigenvalue weighted by molar-refractivity contribution is 9.10. The van der Waals surface area contributed by atoms with Crippen LogP contribution in [0.1, 0.15) is 31.2 Å². The Balaban J connectivity index is 2.17. The smallest absolute Gasteiger partial charge is 0.332 e. The molecule has 0 aliphatic heterocycles. The number of urea groups is 1. The van der Waals surface area contributed by atoms with Crippen molar-refractivity contribution in [1.29, 1.82) is 0 Å². The summed E-state index contributed by atoms with van der Waals surface area (Å²) in [6.07, 6.45) is 6.30. The molecule has 1 saturated carbocycles. The molecule has 7 heteroatoms. The number of nitrogens with one attached hydrogen (secondary N) is 1. The van der Waals surface area contributed by atoms with E-state index in [0.29, 0.717) is 11.5 Å². The molecule has 0 heterocycles. The van der Waals surface area contributed by atoms with E-state index in [0.717, 1.165) is 22.9 Å². The van der Waals surface area contributed by atoms with Gasteiger partial charge in [0, 0.05) is 10.0 Å². The van der Waals surface area contributed by atoms with Gasteiger partial charge in [0.15, 0.2) is 11.5 Å². The van der Waals surface area contributed by atoms with Crippen LogP contribution < -0.4 is 20.6 Å². The van der Waals surface area contributed by atoms with Crippen molar-refractivity contribution in [2.45, 2.75) is 31.8 Å². The van der Waals surface area contributed by atoms with Crippen molar-refractivity contribution < 1.29 is 14.3 Å². The number of primary amides is 1. The molecule has 114 valence electrons. The maximum absolute atomic E-state index is 10.6. The third kappa shape index (κ3) is 4.35. The Morgan fingerprint density at radius 3 is 2.76 bits per heavy atom. The molecule has 2 amide bonds. The molecule has 0 atom stereocenters. The first-order valence-electron chi connectivity index (χ1n) is 6.73. The summed E-state index contributed by atoms with van der Waals surface area (Å²) in [7, 11) is 1.59. The topological polar surface area (TPSA) is 85.9 Å². The molecular weight excluding hydrogens is 338 g/mol. The second kappa shape index (κ2) is 7.31. The Morgan fingerprint density at radius 1 is 1.43 bits per heavy atom. The maximum Gasteiger partial charge on any atom is 0.332 e. The zero-order chi connectivity index (χ0) is 15.2. The summed E-state index contributed by atoms with van der Waals surface area (Å²) in [4.78, 5) is 10.6. The number of halogens is 1. The SMILES string of the molecule is COc1cc(C=NNC(N)=O)c(Br)cc1OC1CCCC1. The number of carbonyl (C=O) groups is 1. The monoisotopic (exact) mass is 355 g/mol. The van der Waals surface area contributed by atoms with E-state index in [1.54, 1.807) is 13.2 Å². The zero-order valence-electron chi connectivity index (χ0n) is 11.8. The minimum Gasteiger partial charge on any atom is -0.493 e. The molecule has 0 aromatic heterocycles. The van der Waals surface area contributed by atoms with Crippen molar-refractivity contribution >= 4 is 28.2 Å². The standard InChI is InChI=1S/C14H18BrN3O3/c1-20-12-6-9(8-17-18-14(16)19)11(15)7-13(12)21-10-4-2-3-5-10/h6-8,10H,2-5H2,1H3,(H3,16,18,19). The van der Waals surface area contributed by atoms with Crippen molar-refractivity contribution in [3.8, 4) is 11.5 Å². The number of carbonyl (C=O) groups excluding carboxylic acids is 1. The first-order chi connectivity index (χ1) is 10.1. The summed E-state index contributed by atoms with van der Waals surface area (Å²) in [5, 5.41) is 3.73. The fourth-order valence-electron chi connectivity index (χ4n) is 2.25. The first-order valence-corrected chi connectivity index (χ1v) is 7.52. The average Bonchev–Trinajstić information content (AvgIpc) is 2.93. The van der Waals surface area contributed by atoms with Gasteiger partial charge in [0.25, 0.3) is 0 Å². The number of nitrogens with zero attached hydrogens (tertiary/aromatic N) is 1. The molecule has 21 heavy (non-hydrogen) atoms. The van der Waals surface area contributed by atoms with E-state index in [9.17, 15) is 4.79 Å². The second-order valence-electron chi connectivity index (χ2n) is 4.78. The van der Waals surface area contributed by atoms with E-state index in [1.165, 1.54) is 19.1 Å². The summed E-state index contributed by atoms with van der Waals surface area (Å²) in [6, 6.07) is 2.93. The highest BCUT2D eigenvalue weighted by atomic mass is 79.9. The molecule has 3 N–H and O–H groups in total. The van der Waals surface area contributed by atoms with E-state index < -0.39 is 6.03 Å². The van der Waals surface area contributed by atoms with Gasteiger partial charge in [-0.1, -0.05) is 0 Å². The van der Waals surface area contributed by atoms with Crippen LogP contribution in [0.4, 0.5) is 4.79 Å². The van der Waals surface area contributed by atoms with Gasteiger partial charge in [-0.3, -0.25) is 0 Å². The van der Waals surface area contributed by atoms with Gasteiger partial charge in [-0.2, -0.15) is 5.10 Å². The van der Waals surface area contributed by atoms with Gasteiger partial charge in [0.2, 0.25) is 0 Å². The lowest BCUT2D eigenvalue weighted by molar-refractivity contribution is 0.200. The molecule has 1 aliphatic rings. The van der Waals surface area contributed by atoms with Gasteiger partial charge < -0.3 is 15.2 Å². The Hall–Kier alpha value is -1.76. The van der Waals surface area contributed by atoms with Gasteiger partial charge in [-0.15, -0.1) is 0 Å². The number of hydrogen-bond donors (Lipinski definition) is 2. The molecule has 0 unspecified atom stereocenters. The molecule has 0 radical (unpaired) electrons. The predicted molar refractivity (Wildman–Crippen MR) is 83.9 cm³/mol. The Bertz CT molecular complexity index is 543. The van der Waals surface area contributed by atoms with Crippen LogP contribution in [0.2, 0.25) is 0 Å². The number of hydrogen-bond acceptors (Lipinski definition) is 4. The third-order valence-electron chi connectivity index (χ3n) is 3.26. The van der Waals surface area contributed by atoms with E-state index in [4.69, 9.17) is 15.2 Å². The molecule has 1 aromatic rings. The van der Waals surface area contributed by atoms with Gasteiger partial charge in [0.05, 0.1) is 19.4 Å². The highest BCUT2D eigenvalue weighted by Crippen LogP contribution is 2.35. The van der Waals surface area contributed by atoms with Crippen LogP contribution in [0.3, 0.4) is 0 Å². The summed E-state index contributed by atoms with van der Waals surface area (Å²) >= 11 is 3.46. The molecular formula is C14H18BrN3O3. The van der Waals surface area contributed by atoms with Crippen molar-refractivity contribution in [1.82, 2.24) is 5.43 Å². The normalized spacial score (nSPS) is 15.3. The van der Waals surface area contributed by atoms with Crippen molar-refractivity contribution in [3.63, 3.8) is 0 Å². The van der Waals surface area contributed by atoms with E-state index in [2.05, 4.69) is 26.5 Å². The predicted octanol–water partition coefficient (Wildman–Crippen LogP) is 2.78. The summed E-state index contributed by atoms with van der Waals surface area (Å²) in [5.41, 5.74) is 7.84. The zero-order valence-corrected chi connectivity index (χ0v) is 13.4. The van der Waals surface area contributed by atoms with Crippen LogP contribution in [-0.4, -0.2) is 25.5 Å². The lowest BCUT2D eigenvalue weighted by Gasteiger charge is -2.17. The molecule has 1 aromatic carbocycles. The summed E-state index contributed by atoms with van der Waals surface area (Å²) < 4.78 is 12.1. The van der Waals surface area contributed by atoms with Crippen LogP contribution in [0.25, 0.3) is 0 Å². The van der Waals surface area contributed by atoms with Gasteiger partial charge in [-0.25, -0.2) is 10.2 Å². The number of methoxy groups -OCH3 is 1. The van der Waals surface area contributed by atoms with Crippen LogP contribution >= 0.6 is 15.9 Å². The Kier molecular flexibility index (Phi) is 5.44. The van der Waals surface area contributed by atoms with E-state index in [-0.39, 0.29) is 6.10 Å². The van der Waals surface area contributed by atoms with Crippen molar-refractivity contribution in [3.05, 3.63) is 22.2 Å².